The summed E-state index contributed by atoms with van der Waals surface area (Å²) in [4.78, 5) is 41.2. The lowest BCUT2D eigenvalue weighted by molar-refractivity contribution is -0.155. The number of carbonyl (C=O) groups excluding carboxylic acids is 3. The first-order valence-corrected chi connectivity index (χ1v) is 10.6. The van der Waals surface area contributed by atoms with Crippen LogP contribution in [-0.4, -0.2) is 56.8 Å². The molecule has 0 aliphatic rings. The highest BCUT2D eigenvalue weighted by atomic mass is 32.1. The molecule has 2 aromatic rings. The third-order valence-electron chi connectivity index (χ3n) is 4.54. The molecule has 0 fully saturated rings. The predicted octanol–water partition coefficient (Wildman–Crippen LogP) is 2.74. The summed E-state index contributed by atoms with van der Waals surface area (Å²) >= 11 is 10.7. The number of amides is 3. The molecule has 0 saturated carbocycles. The van der Waals surface area contributed by atoms with Crippen LogP contribution in [-0.2, 0) is 14.4 Å². The number of benzene rings is 2. The van der Waals surface area contributed by atoms with Crippen LogP contribution in [0.5, 0.6) is 0 Å². The Hall–Kier alpha value is -4.19. The number of hydrogen-bond donors (Lipinski definition) is 1. The molecule has 11 heteroatoms. The Bertz CT molecular complexity index is 1210. The van der Waals surface area contributed by atoms with Gasteiger partial charge in [0.1, 0.15) is 16.4 Å². The van der Waals surface area contributed by atoms with Gasteiger partial charge in [0.15, 0.2) is 5.69 Å². The summed E-state index contributed by atoms with van der Waals surface area (Å²) in [6.07, 6.45) is -0.635. The van der Waals surface area contributed by atoms with Crippen LogP contribution < -0.4 is 5.43 Å². The van der Waals surface area contributed by atoms with Gasteiger partial charge in [-0.05, 0) is 12.1 Å². The second-order valence-corrected chi connectivity index (χ2v) is 7.75. The zero-order chi connectivity index (χ0) is 25.4. The Kier molecular flexibility index (Phi) is 8.90. The van der Waals surface area contributed by atoms with Crippen molar-refractivity contribution in [3.8, 4) is 6.07 Å². The Balaban J connectivity index is 2.06. The highest BCUT2D eigenvalue weighted by Crippen LogP contribution is 2.16. The van der Waals surface area contributed by atoms with Crippen LogP contribution in [0.2, 0.25) is 0 Å². The number of rotatable bonds is 4. The molecular formula is C23H20N6O3S2. The maximum atomic E-state index is 12.8. The zero-order valence-corrected chi connectivity index (χ0v) is 20.2. The maximum Gasteiger partial charge on any atom is 0.257 e. The molecule has 0 radical (unpaired) electrons. The van der Waals surface area contributed by atoms with Crippen molar-refractivity contribution in [2.24, 2.45) is 0 Å². The highest BCUT2D eigenvalue weighted by Gasteiger charge is 2.27. The highest BCUT2D eigenvalue weighted by molar-refractivity contribution is 7.80. The number of thiocarbonyl (C=S) groups is 2. The Morgan fingerprint density at radius 2 is 1.53 bits per heavy atom. The van der Waals surface area contributed by atoms with Gasteiger partial charge in [0.25, 0.3) is 5.91 Å². The number of nitriles is 1. The van der Waals surface area contributed by atoms with E-state index in [9.17, 15) is 14.4 Å². The van der Waals surface area contributed by atoms with Gasteiger partial charge < -0.3 is 0 Å². The van der Waals surface area contributed by atoms with Crippen LogP contribution in [0.1, 0.15) is 30.0 Å². The minimum absolute atomic E-state index is 0.166. The molecule has 3 amide bonds. The third kappa shape index (κ3) is 6.42. The summed E-state index contributed by atoms with van der Waals surface area (Å²) in [5.74, 6) is -2.09. The van der Waals surface area contributed by atoms with Crippen LogP contribution >= 0.6 is 24.4 Å². The zero-order valence-electron chi connectivity index (χ0n) is 18.6. The summed E-state index contributed by atoms with van der Waals surface area (Å²) in [5, 5.41) is 12.1. The Morgan fingerprint density at radius 1 is 1.00 bits per heavy atom. The van der Waals surface area contributed by atoms with Gasteiger partial charge in [-0.3, -0.25) is 29.8 Å². The summed E-state index contributed by atoms with van der Waals surface area (Å²) in [5.41, 5.74) is 4.52. The van der Waals surface area contributed by atoms with E-state index >= 15 is 0 Å². The summed E-state index contributed by atoms with van der Waals surface area (Å²) in [6.45, 7) is 8.20. The second kappa shape index (κ2) is 11.6. The lowest BCUT2D eigenvalue weighted by Gasteiger charge is -2.31. The first-order valence-electron chi connectivity index (χ1n) is 9.75. The van der Waals surface area contributed by atoms with Gasteiger partial charge in [0.2, 0.25) is 11.8 Å². The van der Waals surface area contributed by atoms with Gasteiger partial charge >= 0.3 is 0 Å². The number of hydrazine groups is 2. The maximum absolute atomic E-state index is 12.8. The van der Waals surface area contributed by atoms with Gasteiger partial charge in [-0.25, -0.2) is 4.85 Å². The number of imide groups is 1. The van der Waals surface area contributed by atoms with Crippen molar-refractivity contribution >= 4 is 57.8 Å². The minimum Gasteiger partial charge on any atom is -0.277 e. The van der Waals surface area contributed by atoms with Crippen molar-refractivity contribution in [3.63, 3.8) is 0 Å². The van der Waals surface area contributed by atoms with E-state index in [-0.39, 0.29) is 9.98 Å². The van der Waals surface area contributed by atoms with Crippen LogP contribution in [0.4, 0.5) is 5.69 Å². The fourth-order valence-corrected chi connectivity index (χ4v) is 3.28. The van der Waals surface area contributed by atoms with Crippen molar-refractivity contribution in [1.29, 1.82) is 5.26 Å². The van der Waals surface area contributed by atoms with Crippen molar-refractivity contribution in [3.05, 3.63) is 76.6 Å². The average molecular weight is 493 g/mol. The van der Waals surface area contributed by atoms with Crippen LogP contribution in [0.15, 0.2) is 48.5 Å². The van der Waals surface area contributed by atoms with Gasteiger partial charge in [-0.1, -0.05) is 60.8 Å². The molecule has 0 aliphatic heterocycles. The van der Waals surface area contributed by atoms with E-state index in [4.69, 9.17) is 36.3 Å². The van der Waals surface area contributed by atoms with Gasteiger partial charge in [0, 0.05) is 32.1 Å². The number of nitrogens with one attached hydrogen (secondary N) is 1. The molecule has 0 saturated heterocycles. The SMILES string of the molecule is [C-]#[N+]c1ccc(C(=S)N(C)N(C(C)=O)C(=O)CC(=O)NN(C)C(=S)c2ccc(C#N)cc2)cc1. The topological polar surface area (TPSA) is 101 Å². The molecule has 0 heterocycles. The quantitative estimate of drug-likeness (QED) is 0.301. The number of carbonyl (C=O) groups is 3. The summed E-state index contributed by atoms with van der Waals surface area (Å²) < 4.78 is 0. The van der Waals surface area contributed by atoms with Crippen LogP contribution in [0.25, 0.3) is 4.85 Å². The average Bonchev–Trinajstić information content (AvgIpc) is 2.82. The summed E-state index contributed by atoms with van der Waals surface area (Å²) in [7, 11) is 2.95. The summed E-state index contributed by atoms with van der Waals surface area (Å²) in [6, 6.07) is 14.9. The molecule has 0 spiro atoms. The van der Waals surface area contributed by atoms with E-state index in [0.717, 1.165) is 5.01 Å². The van der Waals surface area contributed by atoms with Crippen molar-refractivity contribution in [2.45, 2.75) is 13.3 Å². The lowest BCUT2D eigenvalue weighted by Crippen LogP contribution is -2.51. The van der Waals surface area contributed by atoms with E-state index < -0.39 is 24.1 Å². The normalized spacial score (nSPS) is 9.68. The number of nitrogens with zero attached hydrogens (tertiary/aromatic N) is 5. The van der Waals surface area contributed by atoms with Gasteiger partial charge in [0.05, 0.1) is 18.2 Å². The molecular weight excluding hydrogens is 472 g/mol. The van der Waals surface area contributed by atoms with Gasteiger partial charge in [-0.2, -0.15) is 10.3 Å². The molecule has 2 rings (SSSR count). The molecule has 0 bridgehead atoms. The smallest absolute Gasteiger partial charge is 0.257 e. The Morgan fingerprint density at radius 3 is 2.03 bits per heavy atom. The van der Waals surface area contributed by atoms with E-state index in [2.05, 4.69) is 10.3 Å². The fraction of sp³-hybridized carbons (Fsp3) is 0.174. The molecule has 9 nitrogen and oxygen atoms in total. The van der Waals surface area contributed by atoms with E-state index in [1.807, 2.05) is 6.07 Å². The molecule has 0 unspecified atom stereocenters. The monoisotopic (exact) mass is 492 g/mol. The van der Waals surface area contributed by atoms with Crippen LogP contribution in [0, 0.1) is 17.9 Å². The van der Waals surface area contributed by atoms with Crippen molar-refractivity contribution in [2.75, 3.05) is 14.1 Å². The molecule has 172 valence electrons. The van der Waals surface area contributed by atoms with Crippen molar-refractivity contribution in [1.82, 2.24) is 20.5 Å². The number of hydrogen-bond acceptors (Lipinski definition) is 6. The largest absolute Gasteiger partial charge is 0.277 e. The molecule has 34 heavy (non-hydrogen) atoms. The minimum atomic E-state index is -0.787. The molecule has 1 N–H and O–H groups in total. The molecule has 0 aliphatic carbocycles. The van der Waals surface area contributed by atoms with E-state index in [1.54, 1.807) is 48.5 Å². The molecule has 0 atom stereocenters. The third-order valence-corrected chi connectivity index (χ3v) is 5.55. The fourth-order valence-electron chi connectivity index (χ4n) is 2.88. The standard InChI is InChI=1S/C23H20N6O3S2/c1-15(30)29(28(4)23(34)18-9-11-19(25-2)12-10-18)21(32)13-20(31)26-27(3)22(33)17-7-5-16(14-24)6-8-17/h5-12H,13H2,1,3-4H3,(H,26,31). The molecule has 0 aromatic heterocycles. The van der Waals surface area contributed by atoms with E-state index in [1.165, 1.54) is 31.0 Å². The van der Waals surface area contributed by atoms with Crippen LogP contribution in [0.3, 0.4) is 0 Å². The predicted molar refractivity (Wildman–Crippen MR) is 133 cm³/mol. The van der Waals surface area contributed by atoms with Gasteiger partial charge in [-0.15, -0.1) is 0 Å². The lowest BCUT2D eigenvalue weighted by atomic mass is 10.1. The molecule has 2 aromatic carbocycles. The Labute approximate surface area is 207 Å². The second-order valence-electron chi connectivity index (χ2n) is 6.98. The first-order chi connectivity index (χ1) is 16.1. The first kappa shape index (κ1) is 26.1. The van der Waals surface area contributed by atoms with Crippen molar-refractivity contribution < 1.29 is 14.4 Å². The van der Waals surface area contributed by atoms with E-state index in [0.29, 0.717) is 22.4 Å².